The van der Waals surface area contributed by atoms with Gasteiger partial charge in [0.1, 0.15) is 6.04 Å². The molecule has 2 saturated heterocycles. The summed E-state index contributed by atoms with van der Waals surface area (Å²) in [5.41, 5.74) is 4.28. The molecule has 2 heterocycles. The number of piperazine rings is 1. The lowest BCUT2D eigenvalue weighted by atomic mass is 9.87. The average molecular weight is 593 g/mol. The fourth-order valence-electron chi connectivity index (χ4n) is 6.79. The molecule has 2 bridgehead atoms. The lowest BCUT2D eigenvalue weighted by molar-refractivity contribution is -0.161. The highest BCUT2D eigenvalue weighted by molar-refractivity contribution is 6.30. The summed E-state index contributed by atoms with van der Waals surface area (Å²) in [6.45, 7) is 2.14. The van der Waals surface area contributed by atoms with Crippen molar-refractivity contribution in [3.8, 4) is 0 Å². The van der Waals surface area contributed by atoms with Crippen molar-refractivity contribution in [3.05, 3.63) is 142 Å². The first kappa shape index (κ1) is 28.7. The Morgan fingerprint density at radius 2 is 1.19 bits per heavy atom. The van der Waals surface area contributed by atoms with E-state index in [9.17, 15) is 19.5 Å². The number of nitrogens with zero attached hydrogens (tertiary/aromatic N) is 2. The van der Waals surface area contributed by atoms with Crippen molar-refractivity contribution < 1.29 is 19.5 Å². The number of aryl methyl sites for hydroxylation is 1. The van der Waals surface area contributed by atoms with Gasteiger partial charge in [0.25, 0.3) is 0 Å². The van der Waals surface area contributed by atoms with Crippen LogP contribution in [0.2, 0.25) is 5.02 Å². The number of aliphatic carboxylic acids is 1. The third-order valence-electron chi connectivity index (χ3n) is 8.82. The van der Waals surface area contributed by atoms with E-state index >= 15 is 0 Å². The van der Waals surface area contributed by atoms with Crippen molar-refractivity contribution in [3.63, 3.8) is 0 Å². The molecule has 4 aromatic rings. The van der Waals surface area contributed by atoms with Crippen molar-refractivity contribution in [2.75, 3.05) is 6.54 Å². The fraction of sp³-hybridized carbons (Fsp3) is 0.250. The number of hydrogen-bond donors (Lipinski definition) is 1. The summed E-state index contributed by atoms with van der Waals surface area (Å²) in [5, 5.41) is 11.2. The number of carboxylic acids is 1. The van der Waals surface area contributed by atoms with Gasteiger partial charge in [-0.15, -0.1) is 0 Å². The van der Waals surface area contributed by atoms with Crippen molar-refractivity contribution in [2.45, 2.75) is 49.7 Å². The number of amides is 2. The summed E-state index contributed by atoms with van der Waals surface area (Å²) in [6.07, 6.45) is 1.15. The van der Waals surface area contributed by atoms with E-state index in [4.69, 9.17) is 11.6 Å². The number of halogens is 1. The standard InChI is InChI=1S/C36H33ClN2O4/c1-23-12-14-26(15-13-23)31(27-16-18-28(37)19-17-27)34(40)38-22-29-20-21-30(33(38)36(42)43)39(29)35(41)32(24-8-4-2-5-9-24)25-10-6-3-7-11-25/h2-19,29-33H,20-22H2,1H3,(H,42,43)/t29-,30+,31?,33-/m0/s1. The van der Waals surface area contributed by atoms with Crippen molar-refractivity contribution >= 4 is 29.4 Å². The Morgan fingerprint density at radius 3 is 1.72 bits per heavy atom. The molecule has 7 heteroatoms. The van der Waals surface area contributed by atoms with E-state index in [0.29, 0.717) is 17.9 Å². The first-order valence-electron chi connectivity index (χ1n) is 14.6. The Morgan fingerprint density at radius 1 is 0.698 bits per heavy atom. The Balaban J connectivity index is 1.37. The van der Waals surface area contributed by atoms with Crippen LogP contribution in [-0.2, 0) is 14.4 Å². The summed E-state index contributed by atoms with van der Waals surface area (Å²) in [4.78, 5) is 45.2. The minimum atomic E-state index is -1.16. The Hall–Kier alpha value is -4.42. The van der Waals surface area contributed by atoms with E-state index in [1.165, 1.54) is 4.90 Å². The predicted octanol–water partition coefficient (Wildman–Crippen LogP) is 6.27. The third kappa shape index (κ3) is 5.55. The summed E-state index contributed by atoms with van der Waals surface area (Å²) in [6, 6.07) is 32.0. The van der Waals surface area contributed by atoms with Gasteiger partial charge in [0.05, 0.1) is 17.9 Å². The molecule has 0 radical (unpaired) electrons. The quantitative estimate of drug-likeness (QED) is 0.274. The van der Waals surface area contributed by atoms with Gasteiger partial charge in [0, 0.05) is 17.6 Å². The molecule has 4 aromatic carbocycles. The van der Waals surface area contributed by atoms with Gasteiger partial charge >= 0.3 is 5.97 Å². The van der Waals surface area contributed by atoms with Crippen LogP contribution in [0, 0.1) is 6.92 Å². The Labute approximate surface area is 256 Å². The molecule has 2 amide bonds. The number of fused-ring (bicyclic) bond motifs is 2. The lowest BCUT2D eigenvalue weighted by Crippen LogP contribution is -2.66. The first-order chi connectivity index (χ1) is 20.8. The molecule has 43 heavy (non-hydrogen) atoms. The van der Waals surface area contributed by atoms with Crippen LogP contribution in [0.25, 0.3) is 0 Å². The molecule has 6 nitrogen and oxygen atoms in total. The second-order valence-electron chi connectivity index (χ2n) is 11.5. The van der Waals surface area contributed by atoms with Crippen LogP contribution < -0.4 is 0 Å². The van der Waals surface area contributed by atoms with Crippen LogP contribution in [0.1, 0.15) is 52.5 Å². The van der Waals surface area contributed by atoms with E-state index in [-0.39, 0.29) is 24.4 Å². The van der Waals surface area contributed by atoms with Gasteiger partial charge in [-0.05, 0) is 54.2 Å². The smallest absolute Gasteiger partial charge is 0.328 e. The number of carboxylic acid groups (broad SMARTS) is 1. The average Bonchev–Trinajstić information content (AvgIpc) is 3.32. The SMILES string of the molecule is Cc1ccc(C(C(=O)N2C[C@@H]3CC[C@H]([C@H]2C(=O)O)N3C(=O)C(c2ccccc2)c2ccccc2)c2ccc(Cl)cc2)cc1. The third-order valence-corrected chi connectivity index (χ3v) is 9.07. The zero-order chi connectivity index (χ0) is 30.1. The zero-order valence-corrected chi connectivity index (χ0v) is 24.6. The van der Waals surface area contributed by atoms with Crippen LogP contribution in [-0.4, -0.2) is 57.4 Å². The monoisotopic (exact) mass is 592 g/mol. The second kappa shape index (κ2) is 12.1. The summed E-state index contributed by atoms with van der Waals surface area (Å²) < 4.78 is 0. The molecule has 4 atom stereocenters. The second-order valence-corrected chi connectivity index (χ2v) is 11.9. The van der Waals surface area contributed by atoms with Crippen LogP contribution >= 0.6 is 11.6 Å². The molecule has 0 saturated carbocycles. The minimum absolute atomic E-state index is 0.129. The number of likely N-dealkylation sites (tertiary alicyclic amines) is 1. The number of carbonyl (C=O) groups excluding carboxylic acids is 2. The molecule has 1 unspecified atom stereocenters. The highest BCUT2D eigenvalue weighted by atomic mass is 35.5. The number of hydrogen-bond acceptors (Lipinski definition) is 3. The molecule has 2 fully saturated rings. The summed E-state index contributed by atoms with van der Waals surface area (Å²) in [5.74, 6) is -2.80. The van der Waals surface area contributed by atoms with Gasteiger partial charge < -0.3 is 14.9 Å². The lowest BCUT2D eigenvalue weighted by Gasteiger charge is -2.47. The zero-order valence-electron chi connectivity index (χ0n) is 23.8. The highest BCUT2D eigenvalue weighted by Crippen LogP contribution is 2.40. The van der Waals surface area contributed by atoms with E-state index < -0.39 is 29.9 Å². The molecule has 2 aliphatic rings. The van der Waals surface area contributed by atoms with Crippen molar-refractivity contribution in [1.29, 1.82) is 0 Å². The van der Waals surface area contributed by atoms with Gasteiger partial charge in [-0.25, -0.2) is 4.79 Å². The maximum atomic E-state index is 14.5. The first-order valence-corrected chi connectivity index (χ1v) is 15.0. The largest absolute Gasteiger partial charge is 0.480 e. The molecule has 1 N–H and O–H groups in total. The number of carbonyl (C=O) groups is 3. The Bertz CT molecular complexity index is 1520. The van der Waals surface area contributed by atoms with E-state index in [1.54, 1.807) is 17.0 Å². The minimum Gasteiger partial charge on any atom is -0.480 e. The molecule has 0 aliphatic carbocycles. The van der Waals surface area contributed by atoms with Crippen molar-refractivity contribution in [2.24, 2.45) is 0 Å². The molecular formula is C36H33ClN2O4. The van der Waals surface area contributed by atoms with Gasteiger partial charge in [0.2, 0.25) is 11.8 Å². The van der Waals surface area contributed by atoms with Crippen LogP contribution in [0.5, 0.6) is 0 Å². The molecule has 0 spiro atoms. The fourth-order valence-corrected chi connectivity index (χ4v) is 6.92. The summed E-state index contributed by atoms with van der Waals surface area (Å²) in [7, 11) is 0. The van der Waals surface area contributed by atoms with Crippen LogP contribution in [0.4, 0.5) is 0 Å². The van der Waals surface area contributed by atoms with E-state index in [2.05, 4.69) is 0 Å². The topological polar surface area (TPSA) is 77.9 Å². The maximum absolute atomic E-state index is 14.5. The van der Waals surface area contributed by atoms with Gasteiger partial charge in [-0.1, -0.05) is 114 Å². The molecular weight excluding hydrogens is 560 g/mol. The molecule has 2 aliphatic heterocycles. The van der Waals surface area contributed by atoms with Crippen LogP contribution in [0.15, 0.2) is 109 Å². The number of rotatable bonds is 7. The van der Waals surface area contributed by atoms with Crippen LogP contribution in [0.3, 0.4) is 0 Å². The molecule has 6 rings (SSSR count). The van der Waals surface area contributed by atoms with E-state index in [1.807, 2.05) is 104 Å². The van der Waals surface area contributed by atoms with Gasteiger partial charge in [0.15, 0.2) is 0 Å². The normalized spacial score (nSPS) is 20.2. The molecule has 218 valence electrons. The predicted molar refractivity (Wildman–Crippen MR) is 166 cm³/mol. The van der Waals surface area contributed by atoms with Gasteiger partial charge in [-0.3, -0.25) is 9.59 Å². The van der Waals surface area contributed by atoms with Gasteiger partial charge in [-0.2, -0.15) is 0 Å². The highest BCUT2D eigenvalue weighted by Gasteiger charge is 2.54. The summed E-state index contributed by atoms with van der Waals surface area (Å²) >= 11 is 6.17. The molecule has 0 aromatic heterocycles. The maximum Gasteiger partial charge on any atom is 0.328 e. The Kier molecular flexibility index (Phi) is 8.04. The van der Waals surface area contributed by atoms with E-state index in [0.717, 1.165) is 27.8 Å². The van der Waals surface area contributed by atoms with Crippen molar-refractivity contribution in [1.82, 2.24) is 9.80 Å². The number of benzene rings is 4.